The van der Waals surface area contributed by atoms with Gasteiger partial charge >= 0.3 is 0 Å². The molecule has 0 unspecified atom stereocenters. The summed E-state index contributed by atoms with van der Waals surface area (Å²) >= 11 is 1.16. The molecule has 0 amide bonds. The standard InChI is InChI=1S/C16H15F2N3O2S/c1-3-4-5-23-12-7-9(6-11(17)13(12)18)14-10(8-19)15(22)21-16(20-14)24-2/h6-7H,3-5H2,1-2H3,(H,20,21,22). The lowest BCUT2D eigenvalue weighted by Gasteiger charge is -2.11. The number of benzene rings is 1. The van der Waals surface area contributed by atoms with Crippen molar-refractivity contribution in [3.05, 3.63) is 39.7 Å². The molecule has 0 spiro atoms. The molecule has 0 aliphatic rings. The fourth-order valence-electron chi connectivity index (χ4n) is 1.99. The third-order valence-corrected chi connectivity index (χ3v) is 3.81. The van der Waals surface area contributed by atoms with Crippen LogP contribution < -0.4 is 10.3 Å². The highest BCUT2D eigenvalue weighted by molar-refractivity contribution is 7.98. The van der Waals surface area contributed by atoms with Crippen LogP contribution in [0, 0.1) is 23.0 Å². The molecule has 0 saturated heterocycles. The maximum Gasteiger partial charge on any atom is 0.270 e. The van der Waals surface area contributed by atoms with Gasteiger partial charge in [-0.05, 0) is 24.8 Å². The van der Waals surface area contributed by atoms with Crippen molar-refractivity contribution in [3.8, 4) is 23.1 Å². The van der Waals surface area contributed by atoms with E-state index in [-0.39, 0.29) is 34.3 Å². The number of unbranched alkanes of at least 4 members (excludes halogenated alkanes) is 1. The second kappa shape index (κ2) is 7.93. The monoisotopic (exact) mass is 351 g/mol. The molecule has 126 valence electrons. The first kappa shape index (κ1) is 17.9. The topological polar surface area (TPSA) is 78.8 Å². The molecule has 0 fully saturated rings. The van der Waals surface area contributed by atoms with Gasteiger partial charge in [-0.3, -0.25) is 4.79 Å². The lowest BCUT2D eigenvalue weighted by atomic mass is 10.1. The molecule has 0 atom stereocenters. The Balaban J connectivity index is 2.59. The molecule has 0 bridgehead atoms. The van der Waals surface area contributed by atoms with Crippen LogP contribution >= 0.6 is 11.8 Å². The molecule has 1 heterocycles. The second-order valence-corrected chi connectivity index (χ2v) is 5.68. The van der Waals surface area contributed by atoms with Gasteiger partial charge < -0.3 is 9.72 Å². The van der Waals surface area contributed by atoms with Gasteiger partial charge in [-0.1, -0.05) is 25.1 Å². The molecule has 0 aliphatic heterocycles. The largest absolute Gasteiger partial charge is 0.490 e. The highest BCUT2D eigenvalue weighted by Gasteiger charge is 2.18. The van der Waals surface area contributed by atoms with Crippen LogP contribution in [0.4, 0.5) is 8.78 Å². The third-order valence-electron chi connectivity index (χ3n) is 3.23. The number of ether oxygens (including phenoxy) is 1. The lowest BCUT2D eigenvalue weighted by Crippen LogP contribution is -2.14. The van der Waals surface area contributed by atoms with Crippen molar-refractivity contribution in [1.29, 1.82) is 5.26 Å². The van der Waals surface area contributed by atoms with E-state index >= 15 is 0 Å². The number of hydrogen-bond donors (Lipinski definition) is 1. The Morgan fingerprint density at radius 2 is 2.17 bits per heavy atom. The van der Waals surface area contributed by atoms with Crippen LogP contribution in [0.5, 0.6) is 5.75 Å². The fourth-order valence-corrected chi connectivity index (χ4v) is 2.37. The molecule has 0 radical (unpaired) electrons. The van der Waals surface area contributed by atoms with E-state index in [9.17, 15) is 18.8 Å². The maximum atomic E-state index is 13.9. The van der Waals surface area contributed by atoms with Crippen LogP contribution in [0.15, 0.2) is 22.1 Å². The van der Waals surface area contributed by atoms with Crippen LogP contribution in [0.1, 0.15) is 25.3 Å². The van der Waals surface area contributed by atoms with Gasteiger partial charge in [0.1, 0.15) is 11.6 Å². The molecule has 1 aromatic carbocycles. The summed E-state index contributed by atoms with van der Waals surface area (Å²) < 4.78 is 33.0. The SMILES string of the molecule is CCCCOc1cc(-c2nc(SC)[nH]c(=O)c2C#N)cc(F)c1F. The van der Waals surface area contributed by atoms with Crippen molar-refractivity contribution >= 4 is 11.8 Å². The molecule has 24 heavy (non-hydrogen) atoms. The summed E-state index contributed by atoms with van der Waals surface area (Å²) in [5, 5.41) is 9.45. The number of nitriles is 1. The number of halogens is 2. The van der Waals surface area contributed by atoms with Crippen molar-refractivity contribution in [2.45, 2.75) is 24.9 Å². The number of aromatic amines is 1. The molecule has 5 nitrogen and oxygen atoms in total. The highest BCUT2D eigenvalue weighted by Crippen LogP contribution is 2.29. The first-order valence-electron chi connectivity index (χ1n) is 7.22. The first-order chi connectivity index (χ1) is 11.5. The Kier molecular flexibility index (Phi) is 5.93. The molecule has 2 aromatic rings. The molecular weight excluding hydrogens is 336 g/mol. The average Bonchev–Trinajstić information content (AvgIpc) is 2.57. The van der Waals surface area contributed by atoms with Gasteiger partial charge in [0, 0.05) is 5.56 Å². The second-order valence-electron chi connectivity index (χ2n) is 4.88. The zero-order chi connectivity index (χ0) is 17.7. The molecule has 8 heteroatoms. The van der Waals surface area contributed by atoms with E-state index < -0.39 is 17.2 Å². The Bertz CT molecular complexity index is 846. The Hall–Kier alpha value is -2.40. The Labute approximate surface area is 141 Å². The first-order valence-corrected chi connectivity index (χ1v) is 8.44. The predicted molar refractivity (Wildman–Crippen MR) is 87.1 cm³/mol. The third kappa shape index (κ3) is 3.74. The quantitative estimate of drug-likeness (QED) is 0.490. The zero-order valence-corrected chi connectivity index (χ0v) is 14.0. The summed E-state index contributed by atoms with van der Waals surface area (Å²) in [6.07, 6.45) is 3.22. The van der Waals surface area contributed by atoms with Crippen LogP contribution in [0.25, 0.3) is 11.3 Å². The molecular formula is C16H15F2N3O2S. The number of nitrogens with one attached hydrogen (secondary N) is 1. The minimum Gasteiger partial charge on any atom is -0.490 e. The van der Waals surface area contributed by atoms with Gasteiger partial charge in [0.25, 0.3) is 5.56 Å². The summed E-state index contributed by atoms with van der Waals surface area (Å²) in [7, 11) is 0. The van der Waals surface area contributed by atoms with E-state index in [4.69, 9.17) is 4.74 Å². The van der Waals surface area contributed by atoms with Crippen molar-refractivity contribution in [2.24, 2.45) is 0 Å². The van der Waals surface area contributed by atoms with Gasteiger partial charge in [-0.25, -0.2) is 9.37 Å². The minimum absolute atomic E-state index is 0.00941. The van der Waals surface area contributed by atoms with Crippen molar-refractivity contribution in [2.75, 3.05) is 12.9 Å². The summed E-state index contributed by atoms with van der Waals surface area (Å²) in [6.45, 7) is 2.18. The van der Waals surface area contributed by atoms with Gasteiger partial charge in [0.15, 0.2) is 16.7 Å². The van der Waals surface area contributed by atoms with E-state index in [0.717, 1.165) is 24.2 Å². The Morgan fingerprint density at radius 3 is 2.79 bits per heavy atom. The van der Waals surface area contributed by atoms with Crippen LogP contribution in [0.3, 0.4) is 0 Å². The van der Waals surface area contributed by atoms with Crippen molar-refractivity contribution in [3.63, 3.8) is 0 Å². The summed E-state index contributed by atoms with van der Waals surface area (Å²) in [5.74, 6) is -2.51. The summed E-state index contributed by atoms with van der Waals surface area (Å²) in [5.41, 5.74) is -0.799. The number of rotatable bonds is 6. The Morgan fingerprint density at radius 1 is 1.42 bits per heavy atom. The predicted octanol–water partition coefficient (Wildman–Crippen LogP) is 3.49. The zero-order valence-electron chi connectivity index (χ0n) is 13.2. The van der Waals surface area contributed by atoms with Gasteiger partial charge in [-0.2, -0.15) is 9.65 Å². The van der Waals surface area contributed by atoms with Gasteiger partial charge in [0.2, 0.25) is 5.82 Å². The smallest absolute Gasteiger partial charge is 0.270 e. The maximum absolute atomic E-state index is 13.9. The number of H-pyrrole nitrogens is 1. The van der Waals surface area contributed by atoms with E-state index in [1.807, 2.05) is 6.92 Å². The van der Waals surface area contributed by atoms with E-state index in [1.165, 1.54) is 6.07 Å². The van der Waals surface area contributed by atoms with Gasteiger partial charge in [-0.15, -0.1) is 0 Å². The summed E-state index contributed by atoms with van der Waals surface area (Å²) in [4.78, 5) is 18.5. The van der Waals surface area contributed by atoms with Gasteiger partial charge in [0.05, 0.1) is 12.3 Å². The molecule has 0 aliphatic carbocycles. The number of hydrogen-bond acceptors (Lipinski definition) is 5. The highest BCUT2D eigenvalue weighted by atomic mass is 32.2. The summed E-state index contributed by atoms with van der Waals surface area (Å²) in [6, 6.07) is 3.90. The van der Waals surface area contributed by atoms with Crippen molar-refractivity contribution < 1.29 is 13.5 Å². The number of nitrogens with zero attached hydrogens (tertiary/aromatic N) is 2. The molecule has 1 aromatic heterocycles. The average molecular weight is 351 g/mol. The van der Waals surface area contributed by atoms with E-state index in [0.29, 0.717) is 6.42 Å². The molecule has 0 saturated carbocycles. The number of thioether (sulfide) groups is 1. The minimum atomic E-state index is -1.13. The normalized spacial score (nSPS) is 10.5. The molecule has 1 N–H and O–H groups in total. The number of aromatic nitrogens is 2. The van der Waals surface area contributed by atoms with Crippen LogP contribution in [0.2, 0.25) is 0 Å². The molecule has 2 rings (SSSR count). The van der Waals surface area contributed by atoms with Crippen LogP contribution in [-0.4, -0.2) is 22.8 Å². The van der Waals surface area contributed by atoms with Crippen LogP contribution in [-0.2, 0) is 0 Å². The lowest BCUT2D eigenvalue weighted by molar-refractivity contribution is 0.289. The van der Waals surface area contributed by atoms with E-state index in [2.05, 4.69) is 9.97 Å². The fraction of sp³-hybridized carbons (Fsp3) is 0.312. The van der Waals surface area contributed by atoms with E-state index in [1.54, 1.807) is 12.3 Å². The van der Waals surface area contributed by atoms with Crippen molar-refractivity contribution in [1.82, 2.24) is 9.97 Å².